The van der Waals surface area contributed by atoms with Crippen molar-refractivity contribution in [3.05, 3.63) is 57.3 Å². The first-order valence-electron chi connectivity index (χ1n) is 7.96. The van der Waals surface area contributed by atoms with Crippen molar-refractivity contribution >= 4 is 22.7 Å². The van der Waals surface area contributed by atoms with Crippen LogP contribution in [0.4, 0.5) is 0 Å². The third kappa shape index (κ3) is 2.24. The number of furan rings is 1. The SMILES string of the molecule is CC(=O)c1c2c(c3oc(=O)cc(C)c3c1O)C(c1ccco1)CC(=O)O2. The van der Waals surface area contributed by atoms with Crippen LogP contribution < -0.4 is 10.4 Å². The van der Waals surface area contributed by atoms with E-state index in [9.17, 15) is 19.5 Å². The molecule has 1 atom stereocenters. The maximum Gasteiger partial charge on any atom is 0.336 e. The molecule has 1 unspecified atom stereocenters. The first-order chi connectivity index (χ1) is 12.4. The lowest BCUT2D eigenvalue weighted by Crippen LogP contribution is -2.23. The number of phenolic OH excluding ortho intramolecular Hbond substituents is 1. The van der Waals surface area contributed by atoms with Crippen LogP contribution in [0.5, 0.6) is 11.5 Å². The fourth-order valence-electron chi connectivity index (χ4n) is 3.47. The zero-order valence-electron chi connectivity index (χ0n) is 14.0. The van der Waals surface area contributed by atoms with Gasteiger partial charge in [0, 0.05) is 6.07 Å². The number of rotatable bonds is 2. The highest BCUT2D eigenvalue weighted by Crippen LogP contribution is 2.49. The molecule has 7 heteroatoms. The highest BCUT2D eigenvalue weighted by atomic mass is 16.5. The molecule has 26 heavy (non-hydrogen) atoms. The van der Waals surface area contributed by atoms with Gasteiger partial charge in [-0.3, -0.25) is 9.59 Å². The number of ether oxygens (including phenoxy) is 1. The highest BCUT2D eigenvalue weighted by molar-refractivity contribution is 6.08. The van der Waals surface area contributed by atoms with Crippen LogP contribution in [0.25, 0.3) is 11.0 Å². The largest absolute Gasteiger partial charge is 0.506 e. The number of hydrogen-bond acceptors (Lipinski definition) is 7. The third-order valence-electron chi connectivity index (χ3n) is 4.52. The average Bonchev–Trinajstić information content (AvgIpc) is 3.07. The lowest BCUT2D eigenvalue weighted by molar-refractivity contribution is -0.135. The first kappa shape index (κ1) is 16.1. The number of Topliss-reactive ketones (excluding diaryl/α,β-unsaturated/α-hetero) is 1. The second-order valence-electron chi connectivity index (χ2n) is 6.22. The fraction of sp³-hybridized carbons (Fsp3) is 0.211. The Morgan fingerprint density at radius 3 is 2.73 bits per heavy atom. The van der Waals surface area contributed by atoms with Crippen molar-refractivity contribution in [3.63, 3.8) is 0 Å². The van der Waals surface area contributed by atoms with Crippen molar-refractivity contribution < 1.29 is 28.3 Å². The summed E-state index contributed by atoms with van der Waals surface area (Å²) in [6, 6.07) is 4.59. The second kappa shape index (κ2) is 5.59. The summed E-state index contributed by atoms with van der Waals surface area (Å²) in [7, 11) is 0. The van der Waals surface area contributed by atoms with Crippen molar-refractivity contribution in [1.29, 1.82) is 0 Å². The molecule has 7 nitrogen and oxygen atoms in total. The third-order valence-corrected chi connectivity index (χ3v) is 4.52. The summed E-state index contributed by atoms with van der Waals surface area (Å²) in [5.41, 5.74) is 0.158. The number of ketones is 1. The number of hydrogen-bond donors (Lipinski definition) is 1. The number of aromatic hydroxyl groups is 1. The summed E-state index contributed by atoms with van der Waals surface area (Å²) in [4.78, 5) is 36.3. The van der Waals surface area contributed by atoms with Crippen molar-refractivity contribution in [3.8, 4) is 11.5 Å². The summed E-state index contributed by atoms with van der Waals surface area (Å²) in [5.74, 6) is -1.65. The molecule has 0 spiro atoms. The van der Waals surface area contributed by atoms with Crippen LogP contribution >= 0.6 is 0 Å². The zero-order valence-corrected chi connectivity index (χ0v) is 14.0. The van der Waals surface area contributed by atoms with Gasteiger partial charge in [0.25, 0.3) is 0 Å². The molecule has 0 amide bonds. The number of carbonyl (C=O) groups excluding carboxylic acids is 2. The van der Waals surface area contributed by atoms with Crippen LogP contribution in [-0.4, -0.2) is 16.9 Å². The number of phenols is 1. The normalized spacial score (nSPS) is 16.4. The van der Waals surface area contributed by atoms with Crippen LogP contribution in [0.2, 0.25) is 0 Å². The van der Waals surface area contributed by atoms with E-state index in [4.69, 9.17) is 13.6 Å². The minimum Gasteiger partial charge on any atom is -0.506 e. The molecule has 4 rings (SSSR count). The average molecular weight is 354 g/mol. The zero-order chi connectivity index (χ0) is 18.6. The first-order valence-corrected chi connectivity index (χ1v) is 7.96. The Hall–Kier alpha value is -3.35. The van der Waals surface area contributed by atoms with Crippen molar-refractivity contribution in [2.45, 2.75) is 26.2 Å². The molecule has 132 valence electrons. The van der Waals surface area contributed by atoms with Gasteiger partial charge >= 0.3 is 11.6 Å². The van der Waals surface area contributed by atoms with Gasteiger partial charge in [-0.1, -0.05) is 0 Å². The number of esters is 1. The van der Waals surface area contributed by atoms with E-state index < -0.39 is 23.3 Å². The fourth-order valence-corrected chi connectivity index (χ4v) is 3.47. The van der Waals surface area contributed by atoms with E-state index in [1.165, 1.54) is 19.3 Å². The Balaban J connectivity index is 2.22. The van der Waals surface area contributed by atoms with Crippen molar-refractivity contribution in [2.24, 2.45) is 0 Å². The van der Waals surface area contributed by atoms with E-state index in [0.717, 1.165) is 0 Å². The van der Waals surface area contributed by atoms with Crippen LogP contribution in [0.1, 0.15) is 46.5 Å². The molecule has 1 aliphatic rings. The summed E-state index contributed by atoms with van der Waals surface area (Å²) >= 11 is 0. The van der Waals surface area contributed by atoms with Crippen LogP contribution in [0, 0.1) is 6.92 Å². The minimum absolute atomic E-state index is 0.0462. The Bertz CT molecular complexity index is 1120. The molecule has 0 saturated heterocycles. The van der Waals surface area contributed by atoms with Gasteiger partial charge in [0.1, 0.15) is 22.7 Å². The molecule has 1 aromatic carbocycles. The minimum atomic E-state index is -0.609. The Morgan fingerprint density at radius 1 is 1.31 bits per heavy atom. The summed E-state index contributed by atoms with van der Waals surface area (Å²) < 4.78 is 16.1. The summed E-state index contributed by atoms with van der Waals surface area (Å²) in [5, 5.41) is 10.9. The molecule has 0 radical (unpaired) electrons. The maximum atomic E-state index is 12.2. The molecule has 1 aliphatic heterocycles. The maximum absolute atomic E-state index is 12.2. The van der Waals surface area contributed by atoms with E-state index in [-0.39, 0.29) is 34.5 Å². The van der Waals surface area contributed by atoms with E-state index in [1.807, 2.05) is 0 Å². The molecule has 0 fully saturated rings. The molecular formula is C19H14O7. The van der Waals surface area contributed by atoms with Crippen LogP contribution in [-0.2, 0) is 4.79 Å². The lowest BCUT2D eigenvalue weighted by Gasteiger charge is -2.26. The predicted molar refractivity (Wildman–Crippen MR) is 89.7 cm³/mol. The molecule has 0 aliphatic carbocycles. The number of aryl methyl sites for hydroxylation is 1. The van der Waals surface area contributed by atoms with E-state index in [2.05, 4.69) is 0 Å². The van der Waals surface area contributed by atoms with Crippen molar-refractivity contribution in [2.75, 3.05) is 0 Å². The number of fused-ring (bicyclic) bond motifs is 3. The van der Waals surface area contributed by atoms with Gasteiger partial charge in [-0.2, -0.15) is 0 Å². The highest BCUT2D eigenvalue weighted by Gasteiger charge is 2.38. The summed E-state index contributed by atoms with van der Waals surface area (Å²) in [6.45, 7) is 2.89. The molecule has 3 heterocycles. The quantitative estimate of drug-likeness (QED) is 0.326. The Morgan fingerprint density at radius 2 is 2.08 bits per heavy atom. The monoisotopic (exact) mass is 354 g/mol. The Kier molecular flexibility index (Phi) is 3.47. The molecular weight excluding hydrogens is 340 g/mol. The lowest BCUT2D eigenvalue weighted by atomic mass is 9.85. The van der Waals surface area contributed by atoms with E-state index >= 15 is 0 Å². The van der Waals surface area contributed by atoms with E-state index in [1.54, 1.807) is 19.1 Å². The predicted octanol–water partition coefficient (Wildman–Crippen LogP) is 3.04. The second-order valence-corrected chi connectivity index (χ2v) is 6.22. The van der Waals surface area contributed by atoms with Gasteiger partial charge in [-0.05, 0) is 31.5 Å². The Labute approximate surface area is 146 Å². The molecule has 3 aromatic rings. The number of benzene rings is 1. The molecule has 0 saturated carbocycles. The molecule has 1 N–H and O–H groups in total. The van der Waals surface area contributed by atoms with Gasteiger partial charge in [0.2, 0.25) is 0 Å². The van der Waals surface area contributed by atoms with Gasteiger partial charge in [-0.15, -0.1) is 0 Å². The molecule has 2 aromatic heterocycles. The van der Waals surface area contributed by atoms with E-state index in [0.29, 0.717) is 16.9 Å². The van der Waals surface area contributed by atoms with Crippen LogP contribution in [0.3, 0.4) is 0 Å². The molecule has 0 bridgehead atoms. The summed E-state index contributed by atoms with van der Waals surface area (Å²) in [6.07, 6.45) is 1.42. The van der Waals surface area contributed by atoms with Gasteiger partial charge in [-0.25, -0.2) is 4.79 Å². The van der Waals surface area contributed by atoms with Crippen LogP contribution in [0.15, 0.2) is 38.1 Å². The van der Waals surface area contributed by atoms with Gasteiger partial charge in [0.05, 0.1) is 29.6 Å². The van der Waals surface area contributed by atoms with Crippen molar-refractivity contribution in [1.82, 2.24) is 0 Å². The standard InChI is InChI=1S/C19H14O7/c1-8-6-12(21)25-18-14(8)17(23)15(9(2)20)19-16(18)10(7-13(22)26-19)11-4-3-5-24-11/h3-6,10,23H,7H2,1-2H3. The van der Waals surface area contributed by atoms with Gasteiger partial charge < -0.3 is 18.7 Å². The van der Waals surface area contributed by atoms with Gasteiger partial charge in [0.15, 0.2) is 11.5 Å². The number of carbonyl (C=O) groups is 2. The topological polar surface area (TPSA) is 107 Å². The smallest absolute Gasteiger partial charge is 0.336 e.